The Bertz CT molecular complexity index is 3270. The summed E-state index contributed by atoms with van der Waals surface area (Å²) in [5, 5.41) is 2.17. The van der Waals surface area contributed by atoms with Gasteiger partial charge in [-0.25, -0.2) is 14.8 Å². The molecular formula is C76H105BrN2O13Si2. The van der Waals surface area contributed by atoms with E-state index in [2.05, 4.69) is 177 Å². The molecule has 0 spiro atoms. The van der Waals surface area contributed by atoms with Crippen LogP contribution in [0.25, 0.3) is 12.2 Å². The van der Waals surface area contributed by atoms with E-state index in [4.69, 9.17) is 65.5 Å². The molecule has 18 heteroatoms. The van der Waals surface area contributed by atoms with E-state index in [9.17, 15) is 4.79 Å². The number of carbonyl (C=O) groups is 1. The Morgan fingerprint density at radius 3 is 2.17 bits per heavy atom. The Labute approximate surface area is 570 Å². The van der Waals surface area contributed by atoms with E-state index in [1.54, 1.807) is 39.9 Å². The quantitative estimate of drug-likeness (QED) is 0.0377. The van der Waals surface area contributed by atoms with Gasteiger partial charge in [0.15, 0.2) is 20.0 Å². The summed E-state index contributed by atoms with van der Waals surface area (Å²) < 4.78 is 80.5. The van der Waals surface area contributed by atoms with E-state index in [1.807, 2.05) is 42.3 Å². The monoisotopic (exact) mass is 1390 g/mol. The van der Waals surface area contributed by atoms with Gasteiger partial charge in [-0.2, -0.15) is 0 Å². The minimum atomic E-state index is -2.95. The van der Waals surface area contributed by atoms with Crippen molar-refractivity contribution in [3.63, 3.8) is 0 Å². The number of halogens is 1. The Morgan fingerprint density at radius 2 is 1.51 bits per heavy atom. The van der Waals surface area contributed by atoms with Crippen molar-refractivity contribution in [1.29, 1.82) is 0 Å². The molecule has 8 bridgehead atoms. The lowest BCUT2D eigenvalue weighted by atomic mass is 9.79. The van der Waals surface area contributed by atoms with E-state index in [0.717, 1.165) is 29.6 Å². The number of allylic oxidation sites excluding steroid dienone is 2. The second kappa shape index (κ2) is 32.2. The fourth-order valence-electron chi connectivity index (χ4n) is 14.2. The molecule has 9 rings (SSSR count). The molecule has 512 valence electrons. The third-order valence-electron chi connectivity index (χ3n) is 20.2. The highest BCUT2D eigenvalue weighted by molar-refractivity contribution is 9.11. The molecule has 0 unspecified atom stereocenters. The molecule has 4 saturated heterocycles. The van der Waals surface area contributed by atoms with Gasteiger partial charge in [-0.15, -0.1) is 0 Å². The maximum atomic E-state index is 14.1. The normalized spacial score (nSPS) is 30.4. The van der Waals surface area contributed by atoms with Gasteiger partial charge >= 0.3 is 5.97 Å². The van der Waals surface area contributed by atoms with Gasteiger partial charge in [-0.3, -0.25) is 0 Å². The van der Waals surface area contributed by atoms with Crippen molar-refractivity contribution < 1.29 is 60.4 Å². The summed E-state index contributed by atoms with van der Waals surface area (Å²) >= 11 is 3.38. The van der Waals surface area contributed by atoms with E-state index < -0.39 is 58.9 Å². The molecule has 7 heterocycles. The summed E-state index contributed by atoms with van der Waals surface area (Å²) in [6.45, 7) is 31.0. The smallest absolute Gasteiger partial charge is 0.330 e. The molecule has 5 aliphatic rings. The lowest BCUT2D eigenvalue weighted by molar-refractivity contribution is -0.297. The van der Waals surface area contributed by atoms with Crippen molar-refractivity contribution in [3.05, 3.63) is 167 Å². The van der Waals surface area contributed by atoms with Crippen LogP contribution in [0.15, 0.2) is 153 Å². The highest BCUT2D eigenvalue weighted by Gasteiger charge is 2.54. The van der Waals surface area contributed by atoms with Crippen LogP contribution in [-0.2, 0) is 58.0 Å². The molecule has 2 aromatic heterocycles. The lowest BCUT2D eigenvalue weighted by Gasteiger charge is -2.47. The van der Waals surface area contributed by atoms with Crippen molar-refractivity contribution in [1.82, 2.24) is 9.97 Å². The van der Waals surface area contributed by atoms with Gasteiger partial charge in [0.2, 0.25) is 5.89 Å². The Kier molecular flexibility index (Phi) is 25.1. The van der Waals surface area contributed by atoms with E-state index in [1.165, 1.54) is 10.4 Å². The number of oxazole rings is 2. The fourth-order valence-corrected chi connectivity index (χ4v) is 20.3. The van der Waals surface area contributed by atoms with Crippen molar-refractivity contribution in [2.24, 2.45) is 11.8 Å². The predicted octanol–water partition coefficient (Wildman–Crippen LogP) is 16.0. The highest BCUT2D eigenvalue weighted by atomic mass is 79.9. The zero-order valence-electron chi connectivity index (χ0n) is 58.3. The highest BCUT2D eigenvalue weighted by Crippen LogP contribution is 2.45. The molecule has 4 aromatic rings. The lowest BCUT2D eigenvalue weighted by Crippen LogP contribution is -2.68. The van der Waals surface area contributed by atoms with Crippen LogP contribution in [0.3, 0.4) is 0 Å². The Hall–Kier alpha value is -4.94. The zero-order valence-corrected chi connectivity index (χ0v) is 61.9. The van der Waals surface area contributed by atoms with E-state index in [0.29, 0.717) is 74.5 Å². The third-order valence-corrected chi connectivity index (χ3v) is 30.1. The predicted molar refractivity (Wildman–Crippen MR) is 379 cm³/mol. The molecular weight excluding hydrogens is 1280 g/mol. The maximum absolute atomic E-state index is 14.1. The number of benzene rings is 2. The summed E-state index contributed by atoms with van der Waals surface area (Å²) in [7, 11) is -0.168. The van der Waals surface area contributed by atoms with Gasteiger partial charge in [0.1, 0.15) is 36.1 Å². The topological polar surface area (TPSA) is 161 Å². The van der Waals surface area contributed by atoms with Crippen LogP contribution < -0.4 is 10.4 Å². The van der Waals surface area contributed by atoms with Gasteiger partial charge in [0.25, 0.3) is 8.32 Å². The minimum absolute atomic E-state index is 0.0629. The largest absolute Gasteiger partial charge is 0.458 e. The molecule has 4 fully saturated rings. The second-order valence-corrected chi connectivity index (χ2v) is 38.8. The Morgan fingerprint density at radius 1 is 0.809 bits per heavy atom. The van der Waals surface area contributed by atoms with Crippen LogP contribution in [0.5, 0.6) is 0 Å². The van der Waals surface area contributed by atoms with Gasteiger partial charge in [-0.1, -0.05) is 186 Å². The fraction of sp³-hybridized carbons (Fsp3) is 0.566. The van der Waals surface area contributed by atoms with Gasteiger partial charge in [0.05, 0.1) is 67.5 Å². The number of hydrogen-bond donors (Lipinski definition) is 0. The number of methoxy groups -OCH3 is 3. The first-order valence-corrected chi connectivity index (χ1v) is 39.6. The SMILES string of the molecule is C=C1C[C@@H]2C[C@@H]3C[C@@H](O[Si](c4ccccc4)(c4ccccc4)C(C)(C)C)C[C@@H](O3)c3coc(n3)/C=C/C[C@H]3O[C@@H](/C(C)=C/c4coc(C[C@]5(OC)C[C@H](OC)C[C@H]([C@@H](/C=C(C)/C=C/[C@@H](C/C=C/Br)OC)O[Si](C)(C)C(C)(C)C)O5)n4)[C@H](C)[C@@H](OC(=O)/C=C\C[C@@H](C1)O2)[C@H]3C. The van der Waals surface area contributed by atoms with Crippen LogP contribution in [0.2, 0.25) is 23.2 Å². The molecule has 15 nitrogen and oxygen atoms in total. The number of esters is 1. The van der Waals surface area contributed by atoms with Crippen LogP contribution >= 0.6 is 15.9 Å². The van der Waals surface area contributed by atoms with Crippen molar-refractivity contribution in [2.45, 2.75) is 242 Å². The first-order valence-electron chi connectivity index (χ1n) is 33.9. The first kappa shape index (κ1) is 73.3. The van der Waals surface area contributed by atoms with Gasteiger partial charge in [0, 0.05) is 64.9 Å². The summed E-state index contributed by atoms with van der Waals surface area (Å²) in [6.07, 6.45) is 23.9. The molecule has 15 atom stereocenters. The van der Waals surface area contributed by atoms with Crippen molar-refractivity contribution in [2.75, 3.05) is 21.3 Å². The van der Waals surface area contributed by atoms with Crippen LogP contribution in [-0.4, -0.2) is 127 Å². The number of ether oxygens (including phenoxy) is 8. The summed E-state index contributed by atoms with van der Waals surface area (Å²) in [5.74, 6) is -1.08. The number of fused-ring (bicyclic) bond motifs is 9. The molecule has 2 aromatic carbocycles. The standard InChI is InChI=1S/C76H105BrN2O13Si2/c1-50(35-36-56(81-12)27-25-37-77)40-68(92-93(15,16)74(6,7)8)67-45-61(82-13)46-76(83-14,90-67)47-70-78-55(48-84-70)41-52(3)72-54(5)73-53(4)65(88-72)32-24-33-69-79-64(49-85-69)66-44-60(43-59(87-66)42-58-39-51(2)38-57(86-58)26-23-34-71(80)89-73)91-94(75(9,10)11,62-28-19-17-20-29-62)63-30-21-18-22-31-63/h17-25,28-31,33-37,40-41,48-49,53-54,56-61,65-68,72-73H,2,26-27,32,38-39,42-47H2,1,3-16H3/b33-24+,34-23-,36-35+,37-25+,50-40+,52-41+/t53-,54-,56+,57-,58+,59+,60+,61+,65+,66+,67+,68+,72-,73-,76-/m0/s1. The van der Waals surface area contributed by atoms with Crippen LogP contribution in [0.4, 0.5) is 0 Å². The van der Waals surface area contributed by atoms with Crippen molar-refractivity contribution >= 4 is 61.1 Å². The Balaban J connectivity index is 0.965. The molecule has 94 heavy (non-hydrogen) atoms. The van der Waals surface area contributed by atoms with Gasteiger partial charge in [-0.05, 0) is 109 Å². The summed E-state index contributed by atoms with van der Waals surface area (Å²) in [4.78, 5) is 26.0. The molecule has 5 aliphatic heterocycles. The average Bonchev–Trinajstić information content (AvgIpc) is 0.919. The number of rotatable bonds is 19. The zero-order chi connectivity index (χ0) is 67.6. The van der Waals surface area contributed by atoms with Gasteiger partial charge < -0.3 is 55.6 Å². The summed E-state index contributed by atoms with van der Waals surface area (Å²) in [6, 6.07) is 21.6. The minimum Gasteiger partial charge on any atom is -0.458 e. The number of hydrogen-bond acceptors (Lipinski definition) is 15. The second-order valence-electron chi connectivity index (χ2n) is 29.3. The molecule has 0 amide bonds. The van der Waals surface area contributed by atoms with Crippen LogP contribution in [0, 0.1) is 11.8 Å². The average molecular weight is 1390 g/mol. The molecule has 0 N–H and O–H groups in total. The summed E-state index contributed by atoms with van der Waals surface area (Å²) in [5.41, 5.74) is 4.36. The van der Waals surface area contributed by atoms with Crippen molar-refractivity contribution in [3.8, 4) is 0 Å². The maximum Gasteiger partial charge on any atom is 0.330 e. The number of carbonyl (C=O) groups excluding carboxylic acids is 1. The first-order chi connectivity index (χ1) is 44.7. The van der Waals surface area contributed by atoms with Crippen LogP contribution in [0.1, 0.15) is 163 Å². The molecule has 0 aliphatic carbocycles. The number of aromatic nitrogens is 2. The van der Waals surface area contributed by atoms with E-state index in [-0.39, 0.29) is 71.1 Å². The molecule has 0 saturated carbocycles. The number of nitrogens with zero attached hydrogens (tertiary/aromatic N) is 2. The molecule has 0 radical (unpaired) electrons. The third kappa shape index (κ3) is 18.2. The van der Waals surface area contributed by atoms with E-state index >= 15 is 0 Å².